The molecule has 1 saturated heterocycles. The molecule has 0 aliphatic carbocycles. The highest BCUT2D eigenvalue weighted by Gasteiger charge is 2.33. The largest absolute Gasteiger partial charge is 0.385 e. The normalized spacial score (nSPS) is 20.1. The molecular weight excluding hydrogens is 386 g/mol. The number of para-hydroxylation sites is 1. The second-order valence-electron chi connectivity index (χ2n) is 8.04. The summed E-state index contributed by atoms with van der Waals surface area (Å²) in [5, 5.41) is 19.6. The van der Waals surface area contributed by atoms with Crippen LogP contribution in [0.2, 0.25) is 0 Å². The van der Waals surface area contributed by atoms with E-state index in [9.17, 15) is 9.90 Å². The molecule has 152 valence electrons. The fourth-order valence-corrected chi connectivity index (χ4v) is 4.72. The van der Waals surface area contributed by atoms with E-state index in [0.29, 0.717) is 17.8 Å². The van der Waals surface area contributed by atoms with E-state index in [1.807, 2.05) is 29.2 Å². The summed E-state index contributed by atoms with van der Waals surface area (Å²) in [5.74, 6) is 0.153. The lowest BCUT2D eigenvalue weighted by Crippen LogP contribution is -2.45. The van der Waals surface area contributed by atoms with Gasteiger partial charge in [-0.15, -0.1) is 11.3 Å². The number of rotatable bonds is 4. The van der Waals surface area contributed by atoms with Gasteiger partial charge in [-0.3, -0.25) is 4.79 Å². The highest BCUT2D eigenvalue weighted by Crippen LogP contribution is 2.36. The summed E-state index contributed by atoms with van der Waals surface area (Å²) in [7, 11) is 0. The van der Waals surface area contributed by atoms with Gasteiger partial charge in [0.05, 0.1) is 39.1 Å². The molecule has 1 N–H and O–H groups in total. The number of likely N-dealkylation sites (tertiary alicyclic amines) is 1. The van der Waals surface area contributed by atoms with Crippen molar-refractivity contribution < 1.29 is 9.90 Å². The quantitative estimate of drug-likeness (QED) is 0.712. The van der Waals surface area contributed by atoms with Crippen LogP contribution in [-0.2, 0) is 5.60 Å². The van der Waals surface area contributed by atoms with E-state index in [4.69, 9.17) is 0 Å². The van der Waals surface area contributed by atoms with Crippen molar-refractivity contribution in [2.75, 3.05) is 6.54 Å². The van der Waals surface area contributed by atoms with E-state index in [1.165, 1.54) is 16.1 Å². The molecule has 1 aliphatic rings. The van der Waals surface area contributed by atoms with Crippen molar-refractivity contribution in [3.05, 3.63) is 58.3 Å². The van der Waals surface area contributed by atoms with Crippen molar-refractivity contribution >= 4 is 17.2 Å². The molecule has 7 nitrogen and oxygen atoms in total. The Morgan fingerprint density at radius 2 is 1.93 bits per heavy atom. The van der Waals surface area contributed by atoms with Crippen molar-refractivity contribution in [1.82, 2.24) is 24.9 Å². The summed E-state index contributed by atoms with van der Waals surface area (Å²) in [6.07, 6.45) is 6.85. The van der Waals surface area contributed by atoms with Gasteiger partial charge in [0.25, 0.3) is 5.91 Å². The minimum absolute atomic E-state index is 0.0191. The fourth-order valence-electron chi connectivity index (χ4n) is 3.67. The van der Waals surface area contributed by atoms with Gasteiger partial charge in [0, 0.05) is 24.7 Å². The van der Waals surface area contributed by atoms with Gasteiger partial charge in [0.1, 0.15) is 0 Å². The lowest BCUT2D eigenvalue weighted by molar-refractivity contribution is 0.0609. The van der Waals surface area contributed by atoms with Crippen LogP contribution in [-0.4, -0.2) is 48.5 Å². The average Bonchev–Trinajstić information content (AvgIpc) is 3.40. The predicted octanol–water partition coefficient (Wildman–Crippen LogP) is 3.36. The molecule has 2 unspecified atom stereocenters. The zero-order valence-corrected chi connectivity index (χ0v) is 17.6. The highest BCUT2D eigenvalue weighted by molar-refractivity contribution is 7.11. The van der Waals surface area contributed by atoms with Crippen LogP contribution in [0.1, 0.15) is 59.8 Å². The number of amides is 1. The number of hydrogen-bond donors (Lipinski definition) is 1. The second-order valence-corrected chi connectivity index (χ2v) is 9.10. The Labute approximate surface area is 174 Å². The number of hydrogen-bond acceptors (Lipinski definition) is 6. The monoisotopic (exact) mass is 411 g/mol. The summed E-state index contributed by atoms with van der Waals surface area (Å²) in [4.78, 5) is 22.3. The third-order valence-electron chi connectivity index (χ3n) is 5.39. The number of thiazole rings is 1. The maximum atomic E-state index is 13.5. The lowest BCUT2D eigenvalue weighted by Gasteiger charge is -2.37. The van der Waals surface area contributed by atoms with Crippen molar-refractivity contribution in [1.29, 1.82) is 0 Å². The van der Waals surface area contributed by atoms with Crippen LogP contribution in [0.4, 0.5) is 0 Å². The first kappa shape index (κ1) is 19.7. The summed E-state index contributed by atoms with van der Waals surface area (Å²) in [6.45, 7) is 6.24. The van der Waals surface area contributed by atoms with E-state index < -0.39 is 5.60 Å². The molecule has 0 radical (unpaired) electrons. The molecule has 3 aromatic rings. The predicted molar refractivity (Wildman–Crippen MR) is 111 cm³/mol. The van der Waals surface area contributed by atoms with Crippen molar-refractivity contribution in [2.45, 2.75) is 51.2 Å². The Bertz CT molecular complexity index is 993. The molecular formula is C21H25N5O2S. The first-order valence-corrected chi connectivity index (χ1v) is 10.6. The number of carbonyl (C=O) groups is 1. The molecule has 3 heterocycles. The summed E-state index contributed by atoms with van der Waals surface area (Å²) in [5.41, 5.74) is 0.367. The molecule has 1 amide bonds. The van der Waals surface area contributed by atoms with Crippen LogP contribution in [0.25, 0.3) is 5.69 Å². The van der Waals surface area contributed by atoms with Gasteiger partial charge in [-0.25, -0.2) is 4.98 Å². The van der Waals surface area contributed by atoms with Crippen LogP contribution in [0, 0.1) is 0 Å². The third-order valence-corrected chi connectivity index (χ3v) is 6.86. The Morgan fingerprint density at radius 3 is 2.62 bits per heavy atom. The molecule has 0 spiro atoms. The van der Waals surface area contributed by atoms with Crippen LogP contribution in [0.15, 0.2) is 42.9 Å². The minimum Gasteiger partial charge on any atom is -0.385 e. The Morgan fingerprint density at radius 1 is 1.21 bits per heavy atom. The Kier molecular flexibility index (Phi) is 5.23. The molecule has 1 aromatic carbocycles. The summed E-state index contributed by atoms with van der Waals surface area (Å²) < 4.78 is 0. The first-order valence-electron chi connectivity index (χ1n) is 9.80. The van der Waals surface area contributed by atoms with Gasteiger partial charge in [0.2, 0.25) is 0 Å². The Balaban J connectivity index is 1.60. The van der Waals surface area contributed by atoms with Crippen molar-refractivity contribution in [3.8, 4) is 5.69 Å². The number of aromatic nitrogens is 4. The number of aliphatic hydroxyl groups is 1. The van der Waals surface area contributed by atoms with Crippen LogP contribution >= 0.6 is 11.3 Å². The number of nitrogens with zero attached hydrogens (tertiary/aromatic N) is 5. The molecule has 4 rings (SSSR count). The van der Waals surface area contributed by atoms with E-state index in [0.717, 1.165) is 22.7 Å². The molecule has 2 atom stereocenters. The first-order chi connectivity index (χ1) is 13.8. The van der Waals surface area contributed by atoms with E-state index in [1.54, 1.807) is 32.4 Å². The van der Waals surface area contributed by atoms with Crippen molar-refractivity contribution in [2.24, 2.45) is 0 Å². The molecule has 0 saturated carbocycles. The van der Waals surface area contributed by atoms with E-state index in [-0.39, 0.29) is 17.9 Å². The number of piperidine rings is 1. The van der Waals surface area contributed by atoms with Gasteiger partial charge in [-0.1, -0.05) is 12.1 Å². The maximum Gasteiger partial charge on any atom is 0.256 e. The van der Waals surface area contributed by atoms with Crippen LogP contribution in [0.5, 0.6) is 0 Å². The van der Waals surface area contributed by atoms with Gasteiger partial charge in [-0.05, 0) is 45.7 Å². The molecule has 1 aliphatic heterocycles. The molecule has 1 fully saturated rings. The standard InChI is InChI=1S/C21H25N5O2S/c1-14-8-9-15(19-22-12-18(29-19)21(2,3)28)13-25(14)20(27)16-6-4-5-7-17(16)26-23-10-11-24-26/h4-7,10-12,14-15,28H,8-9,13H2,1-3H3. The third kappa shape index (κ3) is 3.95. The van der Waals surface area contributed by atoms with E-state index >= 15 is 0 Å². The number of benzene rings is 1. The van der Waals surface area contributed by atoms with Gasteiger partial charge in [-0.2, -0.15) is 15.0 Å². The zero-order valence-electron chi connectivity index (χ0n) is 16.8. The average molecular weight is 412 g/mol. The fraction of sp³-hybridized carbons (Fsp3) is 0.429. The van der Waals surface area contributed by atoms with Gasteiger partial charge < -0.3 is 10.0 Å². The zero-order chi connectivity index (χ0) is 20.6. The second kappa shape index (κ2) is 7.68. The number of carbonyl (C=O) groups excluding carboxylic acids is 1. The lowest BCUT2D eigenvalue weighted by atomic mass is 9.93. The van der Waals surface area contributed by atoms with Crippen molar-refractivity contribution in [3.63, 3.8) is 0 Å². The van der Waals surface area contributed by atoms with Crippen LogP contribution in [0.3, 0.4) is 0 Å². The van der Waals surface area contributed by atoms with E-state index in [2.05, 4.69) is 22.1 Å². The SMILES string of the molecule is CC1CCC(c2ncc(C(C)(C)O)s2)CN1C(=O)c1ccccc1-n1nccn1. The summed E-state index contributed by atoms with van der Waals surface area (Å²) >= 11 is 1.54. The maximum absolute atomic E-state index is 13.5. The summed E-state index contributed by atoms with van der Waals surface area (Å²) in [6, 6.07) is 7.57. The van der Waals surface area contributed by atoms with Gasteiger partial charge >= 0.3 is 0 Å². The van der Waals surface area contributed by atoms with Crippen LogP contribution < -0.4 is 0 Å². The highest BCUT2D eigenvalue weighted by atomic mass is 32.1. The topological polar surface area (TPSA) is 84.1 Å². The van der Waals surface area contributed by atoms with Gasteiger partial charge in [0.15, 0.2) is 0 Å². The molecule has 29 heavy (non-hydrogen) atoms. The smallest absolute Gasteiger partial charge is 0.256 e. The molecule has 8 heteroatoms. The Hall–Kier alpha value is -2.58. The minimum atomic E-state index is -0.900. The molecule has 2 aromatic heterocycles. The molecule has 0 bridgehead atoms.